The molecule has 0 bridgehead atoms. The van der Waals surface area contributed by atoms with Crippen LogP contribution in [0.1, 0.15) is 15.9 Å². The highest BCUT2D eigenvalue weighted by atomic mass is 16.2. The van der Waals surface area contributed by atoms with Gasteiger partial charge in [-0.1, -0.05) is 12.1 Å². The molecule has 2 rings (SSSR count). The number of hydrogen-bond donors (Lipinski definition) is 2. The fraction of sp³-hybridized carbons (Fsp3) is 0.143. The highest BCUT2D eigenvalue weighted by Crippen LogP contribution is 2.20. The lowest BCUT2D eigenvalue weighted by Gasteiger charge is -2.19. The number of nitrogen functional groups attached to an aromatic ring is 1. The molecule has 2 aromatic rings. The SMILES string of the molecule is Cc1cccc(N(C)C(=O)c2ccncc2NN)c1. The third-order valence-electron chi connectivity index (χ3n) is 2.90. The number of amides is 1. The maximum Gasteiger partial charge on any atom is 0.260 e. The molecular weight excluding hydrogens is 240 g/mol. The predicted molar refractivity (Wildman–Crippen MR) is 76.0 cm³/mol. The van der Waals surface area contributed by atoms with Crippen molar-refractivity contribution in [3.05, 3.63) is 53.9 Å². The average molecular weight is 256 g/mol. The van der Waals surface area contributed by atoms with Gasteiger partial charge in [0.05, 0.1) is 17.4 Å². The molecule has 1 aromatic carbocycles. The van der Waals surface area contributed by atoms with Crippen molar-refractivity contribution in [1.29, 1.82) is 0 Å². The van der Waals surface area contributed by atoms with E-state index in [-0.39, 0.29) is 5.91 Å². The number of aromatic nitrogens is 1. The van der Waals surface area contributed by atoms with Gasteiger partial charge in [-0.2, -0.15) is 0 Å². The molecule has 0 aliphatic rings. The van der Waals surface area contributed by atoms with Gasteiger partial charge in [-0.05, 0) is 30.7 Å². The summed E-state index contributed by atoms with van der Waals surface area (Å²) in [5, 5.41) is 0. The van der Waals surface area contributed by atoms with E-state index in [1.54, 1.807) is 24.2 Å². The van der Waals surface area contributed by atoms with Gasteiger partial charge in [0.25, 0.3) is 5.91 Å². The van der Waals surface area contributed by atoms with E-state index in [1.165, 1.54) is 6.20 Å². The van der Waals surface area contributed by atoms with Crippen LogP contribution in [0.3, 0.4) is 0 Å². The summed E-state index contributed by atoms with van der Waals surface area (Å²) in [7, 11) is 1.73. The van der Waals surface area contributed by atoms with E-state index in [0.29, 0.717) is 11.3 Å². The van der Waals surface area contributed by atoms with Crippen LogP contribution in [0, 0.1) is 6.92 Å². The van der Waals surface area contributed by atoms with Crippen molar-refractivity contribution in [1.82, 2.24) is 4.98 Å². The average Bonchev–Trinajstić information content (AvgIpc) is 2.45. The number of nitrogens with zero attached hydrogens (tertiary/aromatic N) is 2. The molecule has 0 unspecified atom stereocenters. The van der Waals surface area contributed by atoms with Gasteiger partial charge in [0.2, 0.25) is 0 Å². The Bertz CT molecular complexity index is 598. The van der Waals surface area contributed by atoms with Gasteiger partial charge in [-0.15, -0.1) is 0 Å². The molecule has 0 radical (unpaired) electrons. The summed E-state index contributed by atoms with van der Waals surface area (Å²) in [5.74, 6) is 5.25. The first-order chi connectivity index (χ1) is 9.13. The van der Waals surface area contributed by atoms with Crippen LogP contribution in [-0.2, 0) is 0 Å². The Hall–Kier alpha value is -2.40. The Morgan fingerprint density at radius 2 is 2.16 bits per heavy atom. The van der Waals surface area contributed by atoms with E-state index in [1.807, 2.05) is 31.2 Å². The van der Waals surface area contributed by atoms with Crippen LogP contribution in [0.15, 0.2) is 42.7 Å². The molecule has 5 heteroatoms. The highest BCUT2D eigenvalue weighted by molar-refractivity contribution is 6.09. The van der Waals surface area contributed by atoms with Crippen molar-refractivity contribution in [2.24, 2.45) is 5.84 Å². The minimum atomic E-state index is -0.138. The van der Waals surface area contributed by atoms with Gasteiger partial charge in [0, 0.05) is 18.9 Å². The molecule has 98 valence electrons. The number of anilines is 2. The van der Waals surface area contributed by atoms with Gasteiger partial charge in [0.1, 0.15) is 0 Å². The summed E-state index contributed by atoms with van der Waals surface area (Å²) in [5.41, 5.74) is 5.42. The van der Waals surface area contributed by atoms with Crippen molar-refractivity contribution in [3.8, 4) is 0 Å². The van der Waals surface area contributed by atoms with Gasteiger partial charge >= 0.3 is 0 Å². The molecule has 0 saturated heterocycles. The first-order valence-electron chi connectivity index (χ1n) is 5.89. The summed E-state index contributed by atoms with van der Waals surface area (Å²) in [4.78, 5) is 18.0. The standard InChI is InChI=1S/C14H16N4O/c1-10-4-3-5-11(8-10)18(2)14(19)12-6-7-16-9-13(12)17-15/h3-9,17H,15H2,1-2H3. The molecule has 19 heavy (non-hydrogen) atoms. The fourth-order valence-electron chi connectivity index (χ4n) is 1.83. The van der Waals surface area contributed by atoms with E-state index in [2.05, 4.69) is 10.4 Å². The van der Waals surface area contributed by atoms with E-state index in [4.69, 9.17) is 5.84 Å². The van der Waals surface area contributed by atoms with Crippen LogP contribution in [0.5, 0.6) is 0 Å². The molecule has 1 heterocycles. The van der Waals surface area contributed by atoms with E-state index >= 15 is 0 Å². The minimum Gasteiger partial charge on any atom is -0.322 e. The van der Waals surface area contributed by atoms with Crippen LogP contribution in [0.25, 0.3) is 0 Å². The summed E-state index contributed by atoms with van der Waals surface area (Å²) in [6, 6.07) is 9.39. The van der Waals surface area contributed by atoms with Gasteiger partial charge < -0.3 is 10.3 Å². The van der Waals surface area contributed by atoms with Gasteiger partial charge in [-0.3, -0.25) is 15.6 Å². The lowest BCUT2D eigenvalue weighted by molar-refractivity contribution is 0.0993. The third kappa shape index (κ3) is 2.71. The Balaban J connectivity index is 2.33. The second kappa shape index (κ2) is 5.49. The Labute approximate surface area is 112 Å². The van der Waals surface area contributed by atoms with Crippen molar-refractivity contribution in [2.45, 2.75) is 6.92 Å². The molecule has 0 atom stereocenters. The van der Waals surface area contributed by atoms with Crippen LogP contribution in [0.4, 0.5) is 11.4 Å². The maximum atomic E-state index is 12.4. The van der Waals surface area contributed by atoms with E-state index < -0.39 is 0 Å². The zero-order chi connectivity index (χ0) is 13.8. The molecular formula is C14H16N4O. The van der Waals surface area contributed by atoms with Gasteiger partial charge in [0.15, 0.2) is 0 Å². The summed E-state index contributed by atoms with van der Waals surface area (Å²) >= 11 is 0. The third-order valence-corrected chi connectivity index (χ3v) is 2.90. The summed E-state index contributed by atoms with van der Waals surface area (Å²) in [6.07, 6.45) is 3.09. The minimum absolute atomic E-state index is 0.138. The molecule has 1 amide bonds. The first-order valence-corrected chi connectivity index (χ1v) is 5.89. The number of hydrazine groups is 1. The molecule has 5 nitrogen and oxygen atoms in total. The zero-order valence-corrected chi connectivity index (χ0v) is 10.9. The summed E-state index contributed by atoms with van der Waals surface area (Å²) < 4.78 is 0. The van der Waals surface area contributed by atoms with Crippen LogP contribution < -0.4 is 16.2 Å². The number of hydrogen-bond acceptors (Lipinski definition) is 4. The number of carbonyl (C=O) groups is 1. The molecule has 0 fully saturated rings. The number of rotatable bonds is 3. The summed E-state index contributed by atoms with van der Waals surface area (Å²) in [6.45, 7) is 1.99. The number of pyridine rings is 1. The second-order valence-electron chi connectivity index (χ2n) is 4.27. The Morgan fingerprint density at radius 1 is 1.37 bits per heavy atom. The molecule has 0 saturated carbocycles. The number of aryl methyl sites for hydroxylation is 1. The molecule has 1 aromatic heterocycles. The normalized spacial score (nSPS) is 10.1. The van der Waals surface area contributed by atoms with Crippen LogP contribution in [-0.4, -0.2) is 17.9 Å². The largest absolute Gasteiger partial charge is 0.322 e. The van der Waals surface area contributed by atoms with Crippen molar-refractivity contribution in [3.63, 3.8) is 0 Å². The maximum absolute atomic E-state index is 12.4. The Morgan fingerprint density at radius 3 is 2.84 bits per heavy atom. The predicted octanol–water partition coefficient (Wildman–Crippen LogP) is 1.95. The fourth-order valence-corrected chi connectivity index (χ4v) is 1.83. The molecule has 3 N–H and O–H groups in total. The number of benzene rings is 1. The van der Waals surface area contributed by atoms with Crippen LogP contribution in [0.2, 0.25) is 0 Å². The van der Waals surface area contributed by atoms with Crippen molar-refractivity contribution < 1.29 is 4.79 Å². The van der Waals surface area contributed by atoms with Gasteiger partial charge in [-0.25, -0.2) is 0 Å². The van der Waals surface area contributed by atoms with Crippen molar-refractivity contribution >= 4 is 17.3 Å². The van der Waals surface area contributed by atoms with E-state index in [9.17, 15) is 4.79 Å². The monoisotopic (exact) mass is 256 g/mol. The lowest BCUT2D eigenvalue weighted by Crippen LogP contribution is -2.27. The van der Waals surface area contributed by atoms with Crippen LogP contribution >= 0.6 is 0 Å². The first kappa shape index (κ1) is 13.0. The highest BCUT2D eigenvalue weighted by Gasteiger charge is 2.16. The molecule has 0 aliphatic heterocycles. The number of nitrogens with one attached hydrogen (secondary N) is 1. The Kier molecular flexibility index (Phi) is 3.77. The topological polar surface area (TPSA) is 71.2 Å². The zero-order valence-electron chi connectivity index (χ0n) is 10.9. The number of carbonyl (C=O) groups excluding carboxylic acids is 1. The lowest BCUT2D eigenvalue weighted by atomic mass is 10.1. The van der Waals surface area contributed by atoms with E-state index in [0.717, 1.165) is 11.3 Å². The quantitative estimate of drug-likeness (QED) is 0.650. The molecule has 0 aliphatic carbocycles. The second-order valence-corrected chi connectivity index (χ2v) is 4.27. The smallest absolute Gasteiger partial charge is 0.260 e. The number of nitrogens with two attached hydrogens (primary N) is 1. The van der Waals surface area contributed by atoms with Crippen molar-refractivity contribution in [2.75, 3.05) is 17.4 Å². The molecule has 0 spiro atoms.